The lowest BCUT2D eigenvalue weighted by atomic mass is 10.2. The summed E-state index contributed by atoms with van der Waals surface area (Å²) in [5.74, 6) is 3.23. The summed E-state index contributed by atoms with van der Waals surface area (Å²) in [4.78, 5) is 36.5. The van der Waals surface area contributed by atoms with E-state index in [-0.39, 0.29) is 24.1 Å². The van der Waals surface area contributed by atoms with Gasteiger partial charge in [-0.15, -0.1) is 0 Å². The molecule has 1 saturated heterocycles. The second-order valence-electron chi connectivity index (χ2n) is 13.7. The Kier molecular flexibility index (Phi) is 9.35. The van der Waals surface area contributed by atoms with Gasteiger partial charge in [-0.3, -0.25) is 4.79 Å². The van der Waals surface area contributed by atoms with Gasteiger partial charge in [0.15, 0.2) is 11.5 Å². The van der Waals surface area contributed by atoms with Crippen LogP contribution in [0.25, 0.3) is 11.0 Å². The maximum Gasteiger partial charge on any atom is 0.410 e. The average molecular weight is 692 g/mol. The number of fused-ring (bicyclic) bond motifs is 1. The number of aromatic nitrogens is 4. The molecule has 2 N–H and O–H groups in total. The van der Waals surface area contributed by atoms with Crippen molar-refractivity contribution in [3.05, 3.63) is 90.3 Å². The molecular formula is C38H41N7O6. The van der Waals surface area contributed by atoms with E-state index in [2.05, 4.69) is 15.6 Å². The van der Waals surface area contributed by atoms with Crippen LogP contribution >= 0.6 is 0 Å². The zero-order valence-corrected chi connectivity index (χ0v) is 29.1. The van der Waals surface area contributed by atoms with E-state index in [1.165, 1.54) is 0 Å². The first kappa shape index (κ1) is 33.6. The van der Waals surface area contributed by atoms with Crippen molar-refractivity contribution in [3.63, 3.8) is 0 Å². The number of nitrogens with zero attached hydrogens (tertiary/aromatic N) is 5. The Morgan fingerprint density at radius 3 is 2.37 bits per heavy atom. The Balaban J connectivity index is 1.11. The number of ether oxygens (including phenoxy) is 4. The largest absolute Gasteiger partial charge is 0.497 e. The van der Waals surface area contributed by atoms with Crippen molar-refractivity contribution in [3.8, 4) is 23.0 Å². The van der Waals surface area contributed by atoms with Crippen LogP contribution in [-0.2, 0) is 11.3 Å². The molecule has 1 aliphatic carbocycles. The van der Waals surface area contributed by atoms with Gasteiger partial charge in [0, 0.05) is 49.2 Å². The Morgan fingerprint density at radius 2 is 1.65 bits per heavy atom. The highest BCUT2D eigenvalue weighted by molar-refractivity contribution is 6.04. The quantitative estimate of drug-likeness (QED) is 0.150. The molecule has 2 fully saturated rings. The van der Waals surface area contributed by atoms with Gasteiger partial charge in [0.05, 0.1) is 19.8 Å². The Hall–Kier alpha value is -5.85. The first-order valence-electron chi connectivity index (χ1n) is 17.0. The van der Waals surface area contributed by atoms with E-state index >= 15 is 0 Å². The normalized spacial score (nSPS) is 15.8. The molecule has 51 heavy (non-hydrogen) atoms. The molecule has 264 valence electrons. The molecule has 5 aromatic rings. The average Bonchev–Trinajstić information content (AvgIpc) is 3.68. The van der Waals surface area contributed by atoms with E-state index in [9.17, 15) is 9.59 Å². The summed E-state index contributed by atoms with van der Waals surface area (Å²) in [5.41, 5.74) is 1.52. The van der Waals surface area contributed by atoms with Crippen LogP contribution < -0.4 is 24.8 Å². The van der Waals surface area contributed by atoms with E-state index in [4.69, 9.17) is 29.0 Å². The molecule has 3 aromatic heterocycles. The van der Waals surface area contributed by atoms with Crippen molar-refractivity contribution in [2.24, 2.45) is 0 Å². The number of nitrogens with one attached hydrogen (secondary N) is 2. The lowest BCUT2D eigenvalue weighted by Gasteiger charge is -2.24. The van der Waals surface area contributed by atoms with Gasteiger partial charge in [0.1, 0.15) is 39.8 Å². The zero-order chi connectivity index (χ0) is 35.5. The van der Waals surface area contributed by atoms with E-state index in [0.29, 0.717) is 65.1 Å². The van der Waals surface area contributed by atoms with E-state index in [1.807, 2.05) is 49.7 Å². The van der Waals surface area contributed by atoms with Crippen LogP contribution in [0.5, 0.6) is 23.0 Å². The summed E-state index contributed by atoms with van der Waals surface area (Å²) in [7, 11) is 1.64. The summed E-state index contributed by atoms with van der Waals surface area (Å²) in [5, 5.41) is 12.0. The molecule has 13 nitrogen and oxygen atoms in total. The number of hydrogen-bond acceptors (Lipinski definition) is 10. The minimum absolute atomic E-state index is 0.0636. The van der Waals surface area contributed by atoms with Crippen LogP contribution in [0.15, 0.2) is 79.1 Å². The fourth-order valence-electron chi connectivity index (χ4n) is 5.75. The highest BCUT2D eigenvalue weighted by Gasteiger charge is 2.31. The Bertz CT molecular complexity index is 2020. The van der Waals surface area contributed by atoms with Gasteiger partial charge in [-0.1, -0.05) is 12.1 Å². The predicted molar refractivity (Wildman–Crippen MR) is 192 cm³/mol. The van der Waals surface area contributed by atoms with Crippen LogP contribution in [0.4, 0.5) is 16.4 Å². The monoisotopic (exact) mass is 691 g/mol. The maximum absolute atomic E-state index is 13.0. The molecule has 2 amide bonds. The lowest BCUT2D eigenvalue weighted by Crippen LogP contribution is -2.36. The number of hydrogen-bond donors (Lipinski definition) is 2. The van der Waals surface area contributed by atoms with Gasteiger partial charge in [0.25, 0.3) is 5.91 Å². The van der Waals surface area contributed by atoms with Crippen molar-refractivity contribution in [2.45, 2.75) is 64.3 Å². The minimum atomic E-state index is -0.577. The van der Waals surface area contributed by atoms with E-state index in [0.717, 1.165) is 30.6 Å². The van der Waals surface area contributed by atoms with E-state index < -0.39 is 5.60 Å². The fourth-order valence-corrected chi connectivity index (χ4v) is 5.75. The molecule has 0 unspecified atom stereocenters. The van der Waals surface area contributed by atoms with Crippen molar-refractivity contribution in [1.82, 2.24) is 24.6 Å². The van der Waals surface area contributed by atoms with Gasteiger partial charge < -0.3 is 34.5 Å². The number of amides is 2. The zero-order valence-electron chi connectivity index (χ0n) is 29.1. The first-order chi connectivity index (χ1) is 24.6. The van der Waals surface area contributed by atoms with Crippen molar-refractivity contribution in [2.75, 3.05) is 30.8 Å². The molecule has 4 heterocycles. The first-order valence-corrected chi connectivity index (χ1v) is 17.0. The van der Waals surface area contributed by atoms with Crippen LogP contribution in [0.3, 0.4) is 0 Å². The molecular weight excluding hydrogens is 650 g/mol. The molecule has 2 aliphatic rings. The molecule has 13 heteroatoms. The van der Waals surface area contributed by atoms with Gasteiger partial charge >= 0.3 is 6.09 Å². The standard InChI is InChI=1S/C38H41N7O6/c1-38(2,3)51-37(47)44-20-17-26(23-44)41-34-33-31(16-19-40-35(33)45(43-34)22-24-5-9-27(48-4)10-6-24)50-29-11-7-25(8-12-29)36(46)42-32-21-30(15-18-39-32)49-28-13-14-28/h5-12,15-16,18-19,21,26,28H,13-14,17,20,22-23H2,1-4H3,(H,41,43)(H,39,42,46)/t26-/m1/s1. The smallest absolute Gasteiger partial charge is 0.410 e. The van der Waals surface area contributed by atoms with Crippen LogP contribution in [0, 0.1) is 0 Å². The number of likely N-dealkylation sites (tertiary alicyclic amines) is 1. The topological polar surface area (TPSA) is 142 Å². The summed E-state index contributed by atoms with van der Waals surface area (Å²) in [6, 6.07) is 19.9. The number of rotatable bonds is 11. The third-order valence-electron chi connectivity index (χ3n) is 8.41. The number of carbonyl (C=O) groups is 2. The summed E-state index contributed by atoms with van der Waals surface area (Å²) in [6.07, 6.45) is 6.02. The molecule has 0 bridgehead atoms. The third kappa shape index (κ3) is 8.31. The minimum Gasteiger partial charge on any atom is -0.497 e. The maximum atomic E-state index is 13.0. The number of methoxy groups -OCH3 is 1. The van der Waals surface area contributed by atoms with Gasteiger partial charge in [0.2, 0.25) is 0 Å². The highest BCUT2D eigenvalue weighted by Crippen LogP contribution is 2.36. The summed E-state index contributed by atoms with van der Waals surface area (Å²) >= 11 is 0. The number of pyridine rings is 2. The lowest BCUT2D eigenvalue weighted by molar-refractivity contribution is 0.0293. The molecule has 1 atom stereocenters. The van der Waals surface area contributed by atoms with Gasteiger partial charge in [-0.2, -0.15) is 5.10 Å². The Morgan fingerprint density at radius 1 is 0.902 bits per heavy atom. The number of benzene rings is 2. The summed E-state index contributed by atoms with van der Waals surface area (Å²) < 4.78 is 25.0. The van der Waals surface area contributed by atoms with Crippen molar-refractivity contribution in [1.29, 1.82) is 0 Å². The molecule has 1 saturated carbocycles. The SMILES string of the molecule is COc1ccc(Cn2nc(N[C@@H]3CCN(C(=O)OC(C)(C)C)C3)c3c(Oc4ccc(C(=O)Nc5cc(OC6CC6)ccn5)cc4)ccnc32)cc1. The predicted octanol–water partition coefficient (Wildman–Crippen LogP) is 6.89. The summed E-state index contributed by atoms with van der Waals surface area (Å²) in [6.45, 7) is 7.07. The third-order valence-corrected chi connectivity index (χ3v) is 8.41. The molecule has 0 spiro atoms. The van der Waals surface area contributed by atoms with Gasteiger partial charge in [-0.05, 0) is 88.1 Å². The van der Waals surface area contributed by atoms with Crippen LogP contribution in [-0.4, -0.2) is 74.6 Å². The fraction of sp³-hybridized carbons (Fsp3) is 0.342. The highest BCUT2D eigenvalue weighted by atomic mass is 16.6. The number of anilines is 2. The van der Waals surface area contributed by atoms with Crippen LogP contribution in [0.2, 0.25) is 0 Å². The van der Waals surface area contributed by atoms with Crippen molar-refractivity contribution < 1.29 is 28.5 Å². The Labute approximate surface area is 295 Å². The molecule has 1 aliphatic heterocycles. The molecule has 7 rings (SSSR count). The van der Waals surface area contributed by atoms with Crippen LogP contribution in [0.1, 0.15) is 56.0 Å². The van der Waals surface area contributed by atoms with Gasteiger partial charge in [-0.25, -0.2) is 19.4 Å². The second kappa shape index (κ2) is 14.2. The van der Waals surface area contributed by atoms with E-state index in [1.54, 1.807) is 66.9 Å². The molecule has 0 radical (unpaired) electrons. The second-order valence-corrected chi connectivity index (χ2v) is 13.7. The molecule has 2 aromatic carbocycles. The van der Waals surface area contributed by atoms with Crippen molar-refractivity contribution >= 4 is 34.7 Å². The number of carbonyl (C=O) groups excluding carboxylic acids is 2.